The van der Waals surface area contributed by atoms with Crippen LogP contribution in [0.15, 0.2) is 41.4 Å². The highest BCUT2D eigenvalue weighted by atomic mass is 35.7. The Morgan fingerprint density at radius 3 is 2.78 bits per heavy atom. The monoisotopic (exact) mass is 285 g/mol. The maximum absolute atomic E-state index is 10.5. The average Bonchev–Trinajstić information content (AvgIpc) is 2.76. The highest BCUT2D eigenvalue weighted by Crippen LogP contribution is 2.43. The second-order valence-electron chi connectivity index (χ2n) is 3.66. The number of rotatable bonds is 5. The van der Waals surface area contributed by atoms with Gasteiger partial charge in [0.1, 0.15) is 6.54 Å². The molecule has 7 heteroatoms. The second-order valence-corrected chi connectivity index (χ2v) is 6.44. The molecule has 1 heterocycles. The summed E-state index contributed by atoms with van der Waals surface area (Å²) in [5, 5.41) is 16.3. The molecule has 0 fully saturated rings. The molecule has 1 aromatic heterocycles. The summed E-state index contributed by atoms with van der Waals surface area (Å²) in [6, 6.07) is 9.76. The van der Waals surface area contributed by atoms with E-state index in [1.165, 1.54) is 4.68 Å². The van der Waals surface area contributed by atoms with Crippen molar-refractivity contribution < 1.29 is 9.90 Å². The molecule has 0 amide bonds. The third kappa shape index (κ3) is 3.48. The lowest BCUT2D eigenvalue weighted by Crippen LogP contribution is -2.08. The summed E-state index contributed by atoms with van der Waals surface area (Å²) in [5.41, 5.74) is 0.709. The predicted octanol–water partition coefficient (Wildman–Crippen LogP) is 2.08. The number of carboxylic acids is 1. The molecule has 0 spiro atoms. The Hall–Kier alpha value is -1.53. The van der Waals surface area contributed by atoms with Crippen LogP contribution in [0, 0.1) is 0 Å². The predicted molar refractivity (Wildman–Crippen MR) is 70.9 cm³/mol. The average molecular weight is 286 g/mol. The van der Waals surface area contributed by atoms with Gasteiger partial charge in [-0.15, -0.1) is 15.2 Å². The van der Waals surface area contributed by atoms with E-state index in [0.717, 1.165) is 4.90 Å². The van der Waals surface area contributed by atoms with Crippen LogP contribution >= 0.6 is 20.8 Å². The maximum Gasteiger partial charge on any atom is 0.325 e. The van der Waals surface area contributed by atoms with Crippen LogP contribution in [-0.2, 0) is 17.1 Å². The maximum atomic E-state index is 10.5. The van der Waals surface area contributed by atoms with Crippen molar-refractivity contribution in [2.45, 2.75) is 17.2 Å². The first kappa shape index (κ1) is 12.9. The van der Waals surface area contributed by atoms with E-state index < -0.39 is 16.1 Å². The molecule has 2 aromatic rings. The molecule has 1 N–H and O–H groups in total. The van der Waals surface area contributed by atoms with Crippen molar-refractivity contribution in [3.8, 4) is 0 Å². The number of halogens is 1. The van der Waals surface area contributed by atoms with Gasteiger partial charge in [-0.3, -0.25) is 4.79 Å². The van der Waals surface area contributed by atoms with Gasteiger partial charge < -0.3 is 5.11 Å². The molecule has 1 aromatic carbocycles. The third-order valence-electron chi connectivity index (χ3n) is 2.22. The largest absolute Gasteiger partial charge is 0.480 e. The van der Waals surface area contributed by atoms with Gasteiger partial charge in [0, 0.05) is 16.8 Å². The molecule has 1 atom stereocenters. The smallest absolute Gasteiger partial charge is 0.325 e. The molecule has 96 valence electrons. The van der Waals surface area contributed by atoms with E-state index >= 15 is 0 Å². The second kappa shape index (κ2) is 5.88. The van der Waals surface area contributed by atoms with E-state index in [1.54, 1.807) is 6.20 Å². The number of hydrogen-bond donors (Lipinski definition) is 2. The number of carbonyl (C=O) groups is 1. The highest BCUT2D eigenvalue weighted by Gasteiger charge is 2.09. The van der Waals surface area contributed by atoms with E-state index in [-0.39, 0.29) is 6.54 Å². The van der Waals surface area contributed by atoms with Gasteiger partial charge in [-0.25, -0.2) is 4.68 Å². The van der Waals surface area contributed by atoms with E-state index in [9.17, 15) is 4.79 Å². The summed E-state index contributed by atoms with van der Waals surface area (Å²) in [6.45, 7) is -0.182. The topological polar surface area (TPSA) is 68.0 Å². The SMILES string of the molecule is O=C(O)Cn1cc(C[SH](Cl)c2ccccc2)nn1. The van der Waals surface area contributed by atoms with Crippen molar-refractivity contribution >= 4 is 26.8 Å². The summed E-state index contributed by atoms with van der Waals surface area (Å²) in [7, 11) is 5.48. The van der Waals surface area contributed by atoms with Crippen molar-refractivity contribution in [1.29, 1.82) is 0 Å². The fourth-order valence-electron chi connectivity index (χ4n) is 1.45. The van der Waals surface area contributed by atoms with Gasteiger partial charge in [0.2, 0.25) is 0 Å². The number of hydrogen-bond acceptors (Lipinski definition) is 3. The number of benzene rings is 1. The zero-order valence-corrected chi connectivity index (χ0v) is 11.1. The van der Waals surface area contributed by atoms with Crippen molar-refractivity contribution in [2.24, 2.45) is 0 Å². The van der Waals surface area contributed by atoms with Gasteiger partial charge >= 0.3 is 5.97 Å². The molecule has 0 saturated heterocycles. The van der Waals surface area contributed by atoms with Crippen LogP contribution in [0.4, 0.5) is 0 Å². The van der Waals surface area contributed by atoms with Gasteiger partial charge in [-0.1, -0.05) is 34.1 Å². The fourth-order valence-corrected chi connectivity index (χ4v) is 3.26. The Bertz CT molecular complexity index is 532. The first-order valence-electron chi connectivity index (χ1n) is 5.24. The van der Waals surface area contributed by atoms with E-state index in [0.29, 0.717) is 11.4 Å². The normalized spacial score (nSPS) is 13.3. The number of aliphatic carboxylic acids is 1. The number of aromatic nitrogens is 3. The number of carboxylic acid groups (broad SMARTS) is 1. The van der Waals surface area contributed by atoms with Crippen LogP contribution in [0.1, 0.15) is 5.69 Å². The van der Waals surface area contributed by atoms with Gasteiger partial charge in [0.25, 0.3) is 0 Å². The van der Waals surface area contributed by atoms with Crippen molar-refractivity contribution in [3.63, 3.8) is 0 Å². The van der Waals surface area contributed by atoms with Crippen LogP contribution in [0.25, 0.3) is 0 Å². The molecule has 0 radical (unpaired) electrons. The first-order valence-corrected chi connectivity index (χ1v) is 7.67. The van der Waals surface area contributed by atoms with Gasteiger partial charge in [-0.05, 0) is 12.1 Å². The van der Waals surface area contributed by atoms with Gasteiger partial charge in [-0.2, -0.15) is 0 Å². The summed E-state index contributed by atoms with van der Waals surface area (Å²) in [6.07, 6.45) is 1.62. The summed E-state index contributed by atoms with van der Waals surface area (Å²) >= 11 is 0. The lowest BCUT2D eigenvalue weighted by molar-refractivity contribution is -0.137. The Labute approximate surface area is 111 Å². The fraction of sp³-hybridized carbons (Fsp3) is 0.182. The van der Waals surface area contributed by atoms with Crippen molar-refractivity contribution in [2.75, 3.05) is 0 Å². The molecule has 2 rings (SSSR count). The standard InChI is InChI=1S/C11H12ClN3O2S/c12-18(10-4-2-1-3-5-10)8-9-6-15(14-13-9)7-11(16)17/h1-6,18H,7-8H2,(H,16,17). The minimum atomic E-state index is -0.942. The van der Waals surface area contributed by atoms with E-state index in [4.69, 9.17) is 15.8 Å². The zero-order chi connectivity index (χ0) is 13.0. The lowest BCUT2D eigenvalue weighted by atomic mass is 10.4. The molecule has 0 saturated carbocycles. The van der Waals surface area contributed by atoms with Crippen molar-refractivity contribution in [3.05, 3.63) is 42.2 Å². The Kier molecular flexibility index (Phi) is 4.22. The zero-order valence-electron chi connectivity index (χ0n) is 9.40. The molecule has 0 aliphatic heterocycles. The minimum Gasteiger partial charge on any atom is -0.480 e. The Morgan fingerprint density at radius 1 is 1.39 bits per heavy atom. The van der Waals surface area contributed by atoms with Crippen LogP contribution < -0.4 is 0 Å². The third-order valence-corrected chi connectivity index (χ3v) is 4.62. The highest BCUT2D eigenvalue weighted by molar-refractivity contribution is 8.35. The summed E-state index contributed by atoms with van der Waals surface area (Å²) < 4.78 is 1.29. The number of nitrogens with zero attached hydrogens (tertiary/aromatic N) is 3. The quantitative estimate of drug-likeness (QED) is 0.826. The summed E-state index contributed by atoms with van der Waals surface area (Å²) in [5.74, 6) is -0.358. The minimum absolute atomic E-state index is 0.182. The Balaban J connectivity index is 2.01. The van der Waals surface area contributed by atoms with Crippen LogP contribution in [0.2, 0.25) is 0 Å². The summed E-state index contributed by atoms with van der Waals surface area (Å²) in [4.78, 5) is 11.6. The molecule has 1 unspecified atom stereocenters. The van der Waals surface area contributed by atoms with Crippen LogP contribution in [0.5, 0.6) is 0 Å². The molecular formula is C11H12ClN3O2S. The van der Waals surface area contributed by atoms with Crippen LogP contribution in [-0.4, -0.2) is 26.1 Å². The number of thiol groups is 1. The molecule has 0 bridgehead atoms. The molecule has 0 aliphatic rings. The molecule has 0 aliphatic carbocycles. The molecule has 5 nitrogen and oxygen atoms in total. The van der Waals surface area contributed by atoms with Crippen LogP contribution in [0.3, 0.4) is 0 Å². The van der Waals surface area contributed by atoms with Crippen molar-refractivity contribution in [1.82, 2.24) is 15.0 Å². The lowest BCUT2D eigenvalue weighted by Gasteiger charge is -2.11. The first-order chi connectivity index (χ1) is 8.65. The van der Waals surface area contributed by atoms with E-state index in [1.807, 2.05) is 30.3 Å². The molecule has 18 heavy (non-hydrogen) atoms. The Morgan fingerprint density at radius 2 is 2.11 bits per heavy atom. The van der Waals surface area contributed by atoms with Gasteiger partial charge in [0.05, 0.1) is 5.69 Å². The van der Waals surface area contributed by atoms with Gasteiger partial charge in [0.15, 0.2) is 0 Å². The van der Waals surface area contributed by atoms with E-state index in [2.05, 4.69) is 10.3 Å². The molecular weight excluding hydrogens is 274 g/mol.